The van der Waals surface area contributed by atoms with Crippen LogP contribution in [0.15, 0.2) is 24.3 Å². The van der Waals surface area contributed by atoms with Gasteiger partial charge in [0.1, 0.15) is 5.82 Å². The predicted octanol–water partition coefficient (Wildman–Crippen LogP) is 4.45. The van der Waals surface area contributed by atoms with Crippen LogP contribution in [-0.4, -0.2) is 6.04 Å². The third kappa shape index (κ3) is 3.55. The summed E-state index contributed by atoms with van der Waals surface area (Å²) in [4.78, 5) is 0. The van der Waals surface area contributed by atoms with Crippen LogP contribution in [-0.2, 0) is 0 Å². The van der Waals surface area contributed by atoms with E-state index in [2.05, 4.69) is 19.2 Å². The van der Waals surface area contributed by atoms with Gasteiger partial charge in [0, 0.05) is 12.1 Å². The topological polar surface area (TPSA) is 12.0 Å². The molecule has 2 unspecified atom stereocenters. The number of hydrogen-bond donors (Lipinski definition) is 1. The summed E-state index contributed by atoms with van der Waals surface area (Å²) < 4.78 is 12.9. The Morgan fingerprint density at radius 3 is 2.67 bits per heavy atom. The molecule has 1 aliphatic carbocycles. The van der Waals surface area contributed by atoms with Crippen LogP contribution in [0.25, 0.3) is 0 Å². The van der Waals surface area contributed by atoms with Gasteiger partial charge in [-0.3, -0.25) is 0 Å². The molecule has 0 heterocycles. The minimum absolute atomic E-state index is 0.158. The van der Waals surface area contributed by atoms with E-state index in [1.54, 1.807) is 12.1 Å². The molecule has 1 aromatic rings. The molecule has 1 nitrogen and oxygen atoms in total. The van der Waals surface area contributed by atoms with Gasteiger partial charge in [0.25, 0.3) is 0 Å². The molecule has 0 bridgehead atoms. The monoisotopic (exact) mass is 249 g/mol. The number of rotatable bonds is 4. The van der Waals surface area contributed by atoms with Gasteiger partial charge < -0.3 is 5.32 Å². The van der Waals surface area contributed by atoms with Gasteiger partial charge in [0.05, 0.1) is 0 Å². The molecule has 100 valence electrons. The first-order valence-electron chi connectivity index (χ1n) is 7.20. The van der Waals surface area contributed by atoms with E-state index in [0.717, 1.165) is 5.92 Å². The van der Waals surface area contributed by atoms with E-state index < -0.39 is 0 Å². The van der Waals surface area contributed by atoms with E-state index in [-0.39, 0.29) is 5.82 Å². The normalized spacial score (nSPS) is 25.9. The molecule has 1 saturated carbocycles. The Bertz CT molecular complexity index is 360. The molecule has 1 N–H and O–H groups in total. The van der Waals surface area contributed by atoms with Crippen molar-refractivity contribution in [1.29, 1.82) is 0 Å². The van der Waals surface area contributed by atoms with Crippen molar-refractivity contribution < 1.29 is 4.39 Å². The first-order valence-corrected chi connectivity index (χ1v) is 7.20. The highest BCUT2D eigenvalue weighted by Gasteiger charge is 2.22. The van der Waals surface area contributed by atoms with Crippen molar-refractivity contribution in [1.82, 2.24) is 5.32 Å². The number of nitrogens with one attached hydrogen (secondary N) is 1. The lowest BCUT2D eigenvalue weighted by Crippen LogP contribution is -2.35. The van der Waals surface area contributed by atoms with E-state index in [0.29, 0.717) is 12.1 Å². The predicted molar refractivity (Wildman–Crippen MR) is 74.0 cm³/mol. The van der Waals surface area contributed by atoms with Crippen molar-refractivity contribution in [3.63, 3.8) is 0 Å². The third-order valence-electron chi connectivity index (χ3n) is 4.22. The first-order chi connectivity index (χ1) is 8.69. The molecule has 0 radical (unpaired) electrons. The Kier molecular flexibility index (Phi) is 4.76. The van der Waals surface area contributed by atoms with E-state index >= 15 is 0 Å². The largest absolute Gasteiger partial charge is 0.307 e. The lowest BCUT2D eigenvalue weighted by molar-refractivity contribution is 0.266. The maximum absolute atomic E-state index is 12.9. The molecule has 1 fully saturated rings. The molecular formula is C16H24FN. The first kappa shape index (κ1) is 13.5. The molecule has 0 saturated heterocycles. The molecule has 0 aliphatic heterocycles. The Balaban J connectivity index is 1.90. The van der Waals surface area contributed by atoms with Crippen LogP contribution >= 0.6 is 0 Å². The maximum atomic E-state index is 12.9. The number of hydrogen-bond acceptors (Lipinski definition) is 1. The average molecular weight is 249 g/mol. The molecule has 1 aliphatic rings. The van der Waals surface area contributed by atoms with Gasteiger partial charge in [-0.05, 0) is 43.4 Å². The SMILES string of the molecule is CCC1CCCC(N[C@H](C)c2ccc(F)cc2)C1. The molecular weight excluding hydrogens is 225 g/mol. The Morgan fingerprint density at radius 1 is 1.28 bits per heavy atom. The van der Waals surface area contributed by atoms with Gasteiger partial charge in [0.2, 0.25) is 0 Å². The van der Waals surface area contributed by atoms with E-state index in [4.69, 9.17) is 0 Å². The summed E-state index contributed by atoms with van der Waals surface area (Å²) in [6, 6.07) is 7.79. The van der Waals surface area contributed by atoms with Crippen molar-refractivity contribution in [2.24, 2.45) is 5.92 Å². The Morgan fingerprint density at radius 2 is 2.00 bits per heavy atom. The Labute approximate surface area is 110 Å². The standard InChI is InChI=1S/C16H24FN/c1-3-13-5-4-6-16(11-13)18-12(2)14-7-9-15(17)10-8-14/h7-10,12-13,16,18H,3-6,11H2,1-2H3/t12-,13?,16?/m1/s1. The second-order valence-electron chi connectivity index (χ2n) is 5.58. The molecule has 2 heteroatoms. The molecule has 18 heavy (non-hydrogen) atoms. The van der Waals surface area contributed by atoms with Crippen LogP contribution < -0.4 is 5.32 Å². The van der Waals surface area contributed by atoms with Gasteiger partial charge in [-0.1, -0.05) is 38.3 Å². The van der Waals surface area contributed by atoms with E-state index in [1.165, 1.54) is 37.7 Å². The smallest absolute Gasteiger partial charge is 0.123 e. The summed E-state index contributed by atoms with van der Waals surface area (Å²) >= 11 is 0. The van der Waals surface area contributed by atoms with Crippen molar-refractivity contribution in [3.8, 4) is 0 Å². The summed E-state index contributed by atoms with van der Waals surface area (Å²) in [5.74, 6) is 0.728. The second-order valence-corrected chi connectivity index (χ2v) is 5.58. The minimum atomic E-state index is -0.158. The summed E-state index contributed by atoms with van der Waals surface area (Å²) in [5.41, 5.74) is 1.18. The highest BCUT2D eigenvalue weighted by Crippen LogP contribution is 2.28. The lowest BCUT2D eigenvalue weighted by Gasteiger charge is -2.31. The van der Waals surface area contributed by atoms with Crippen molar-refractivity contribution in [3.05, 3.63) is 35.6 Å². The molecule has 2 rings (SSSR count). The molecule has 1 aromatic carbocycles. The fourth-order valence-electron chi connectivity index (χ4n) is 3.01. The fraction of sp³-hybridized carbons (Fsp3) is 0.625. The Hall–Kier alpha value is -0.890. The second kappa shape index (κ2) is 6.33. The lowest BCUT2D eigenvalue weighted by atomic mass is 9.84. The number of benzene rings is 1. The molecule has 3 atom stereocenters. The highest BCUT2D eigenvalue weighted by molar-refractivity contribution is 5.19. The fourth-order valence-corrected chi connectivity index (χ4v) is 3.01. The van der Waals surface area contributed by atoms with E-state index in [1.807, 2.05) is 12.1 Å². The van der Waals surface area contributed by atoms with Crippen molar-refractivity contribution in [2.45, 2.75) is 58.0 Å². The van der Waals surface area contributed by atoms with Gasteiger partial charge in [0.15, 0.2) is 0 Å². The van der Waals surface area contributed by atoms with Gasteiger partial charge in [-0.2, -0.15) is 0 Å². The summed E-state index contributed by atoms with van der Waals surface area (Å²) in [6.07, 6.45) is 6.60. The zero-order valence-electron chi connectivity index (χ0n) is 11.5. The zero-order chi connectivity index (χ0) is 13.0. The average Bonchev–Trinajstić information content (AvgIpc) is 2.39. The van der Waals surface area contributed by atoms with Crippen molar-refractivity contribution >= 4 is 0 Å². The van der Waals surface area contributed by atoms with Crippen LogP contribution in [0, 0.1) is 11.7 Å². The zero-order valence-corrected chi connectivity index (χ0v) is 11.5. The molecule has 0 amide bonds. The number of halogens is 1. The van der Waals surface area contributed by atoms with Crippen LogP contribution in [0.1, 0.15) is 57.6 Å². The highest BCUT2D eigenvalue weighted by atomic mass is 19.1. The van der Waals surface area contributed by atoms with Gasteiger partial charge in [-0.15, -0.1) is 0 Å². The summed E-state index contributed by atoms with van der Waals surface area (Å²) in [6.45, 7) is 4.46. The van der Waals surface area contributed by atoms with Crippen molar-refractivity contribution in [2.75, 3.05) is 0 Å². The van der Waals surface area contributed by atoms with Crippen LogP contribution in [0.5, 0.6) is 0 Å². The van der Waals surface area contributed by atoms with Gasteiger partial charge in [-0.25, -0.2) is 4.39 Å². The maximum Gasteiger partial charge on any atom is 0.123 e. The summed E-state index contributed by atoms with van der Waals surface area (Å²) in [7, 11) is 0. The van der Waals surface area contributed by atoms with Crippen LogP contribution in [0.2, 0.25) is 0 Å². The molecule has 0 aromatic heterocycles. The molecule has 0 spiro atoms. The van der Waals surface area contributed by atoms with Crippen LogP contribution in [0.4, 0.5) is 4.39 Å². The van der Waals surface area contributed by atoms with E-state index in [9.17, 15) is 4.39 Å². The minimum Gasteiger partial charge on any atom is -0.307 e. The van der Waals surface area contributed by atoms with Crippen LogP contribution in [0.3, 0.4) is 0 Å². The van der Waals surface area contributed by atoms with Gasteiger partial charge >= 0.3 is 0 Å². The quantitative estimate of drug-likeness (QED) is 0.831. The summed E-state index contributed by atoms with van der Waals surface area (Å²) in [5, 5.41) is 3.70. The third-order valence-corrected chi connectivity index (χ3v) is 4.22.